The number of hydrazone groups is 1. The quantitative estimate of drug-likeness (QED) is 0.233. The molecule has 0 bridgehead atoms. The van der Waals surface area contributed by atoms with Crippen LogP contribution in [0, 0.1) is 10.1 Å². The van der Waals surface area contributed by atoms with Crippen LogP contribution in [0.4, 0.5) is 5.69 Å². The number of nitro benzene ring substituents is 1. The second-order valence-electron chi connectivity index (χ2n) is 6.77. The van der Waals surface area contributed by atoms with E-state index in [-0.39, 0.29) is 11.4 Å². The van der Waals surface area contributed by atoms with Crippen LogP contribution >= 0.6 is 11.6 Å². The average Bonchev–Trinajstić information content (AvgIpc) is 3.23. The number of nitrogens with one attached hydrogen (secondary N) is 1. The maximum absolute atomic E-state index is 12.2. The first-order valence-corrected chi connectivity index (χ1v) is 9.84. The van der Waals surface area contributed by atoms with Crippen LogP contribution in [-0.2, 0) is 6.61 Å². The number of carbonyl (C=O) groups is 1. The number of rotatable bonds is 7. The van der Waals surface area contributed by atoms with Crippen molar-refractivity contribution in [1.29, 1.82) is 0 Å². The molecule has 0 aliphatic carbocycles. The van der Waals surface area contributed by atoms with E-state index < -0.39 is 10.8 Å². The highest BCUT2D eigenvalue weighted by atomic mass is 35.5. The minimum absolute atomic E-state index is 0.00333. The van der Waals surface area contributed by atoms with E-state index in [9.17, 15) is 14.9 Å². The van der Waals surface area contributed by atoms with Gasteiger partial charge in [0.15, 0.2) is 5.76 Å². The molecular weight excluding hydrogens is 434 g/mol. The van der Waals surface area contributed by atoms with Crippen LogP contribution in [0.3, 0.4) is 0 Å². The van der Waals surface area contributed by atoms with Gasteiger partial charge in [-0.2, -0.15) is 5.10 Å². The zero-order chi connectivity index (χ0) is 22.5. The Hall–Kier alpha value is -4.17. The van der Waals surface area contributed by atoms with Gasteiger partial charge in [0.2, 0.25) is 0 Å². The lowest BCUT2D eigenvalue weighted by molar-refractivity contribution is -0.384. The molecular formula is C23H16ClN3O5. The highest BCUT2D eigenvalue weighted by Crippen LogP contribution is 2.24. The number of halogens is 1. The van der Waals surface area contributed by atoms with Crippen molar-refractivity contribution < 1.29 is 18.9 Å². The third kappa shape index (κ3) is 5.11. The Morgan fingerprint density at radius 3 is 2.56 bits per heavy atom. The summed E-state index contributed by atoms with van der Waals surface area (Å²) in [6.45, 7) is 0.418. The molecule has 32 heavy (non-hydrogen) atoms. The van der Waals surface area contributed by atoms with Gasteiger partial charge in [-0.05, 0) is 59.7 Å². The zero-order valence-corrected chi connectivity index (χ0v) is 17.3. The lowest BCUT2D eigenvalue weighted by Crippen LogP contribution is -2.16. The molecule has 1 heterocycles. The van der Waals surface area contributed by atoms with Gasteiger partial charge in [0.05, 0.1) is 11.1 Å². The lowest BCUT2D eigenvalue weighted by Gasteiger charge is -2.06. The zero-order valence-electron chi connectivity index (χ0n) is 16.5. The van der Waals surface area contributed by atoms with Gasteiger partial charge in [-0.3, -0.25) is 14.9 Å². The van der Waals surface area contributed by atoms with Crippen LogP contribution in [0.25, 0.3) is 11.0 Å². The fraction of sp³-hybridized carbons (Fsp3) is 0.0435. The number of amides is 1. The minimum Gasteiger partial charge on any atom is -0.489 e. The number of benzene rings is 3. The molecule has 4 aromatic rings. The van der Waals surface area contributed by atoms with E-state index in [0.29, 0.717) is 28.3 Å². The standard InChI is InChI=1S/C23H16ClN3O5/c24-18-5-1-16(2-6-18)14-31-20-8-3-15(4-9-20)13-25-26-23(28)22-12-17-11-19(27(29)30)7-10-21(17)32-22/h1-13H,14H2,(H,26,28)/b25-13+. The highest BCUT2D eigenvalue weighted by Gasteiger charge is 2.14. The van der Waals surface area contributed by atoms with Crippen LogP contribution in [0.2, 0.25) is 5.02 Å². The summed E-state index contributed by atoms with van der Waals surface area (Å²) in [7, 11) is 0. The topological polar surface area (TPSA) is 107 Å². The van der Waals surface area contributed by atoms with Crippen LogP contribution in [-0.4, -0.2) is 17.0 Å². The first-order valence-electron chi connectivity index (χ1n) is 9.47. The minimum atomic E-state index is -0.567. The van der Waals surface area contributed by atoms with Crippen LogP contribution in [0.5, 0.6) is 5.75 Å². The van der Waals surface area contributed by atoms with Crippen molar-refractivity contribution in [3.8, 4) is 5.75 Å². The highest BCUT2D eigenvalue weighted by molar-refractivity contribution is 6.30. The summed E-state index contributed by atoms with van der Waals surface area (Å²) in [6.07, 6.45) is 1.48. The molecule has 0 unspecified atom stereocenters. The Bertz CT molecular complexity index is 1300. The molecule has 0 saturated heterocycles. The summed E-state index contributed by atoms with van der Waals surface area (Å²) in [6, 6.07) is 20.1. The predicted molar refractivity (Wildman–Crippen MR) is 120 cm³/mol. The van der Waals surface area contributed by atoms with E-state index in [0.717, 1.165) is 11.1 Å². The first-order chi connectivity index (χ1) is 15.5. The molecule has 1 aromatic heterocycles. The summed E-state index contributed by atoms with van der Waals surface area (Å²) < 4.78 is 11.1. The maximum atomic E-state index is 12.2. The van der Waals surface area contributed by atoms with Gasteiger partial charge in [0.25, 0.3) is 5.69 Å². The number of hydrogen-bond donors (Lipinski definition) is 1. The van der Waals surface area contributed by atoms with Crippen molar-refractivity contribution in [3.63, 3.8) is 0 Å². The number of ether oxygens (including phenoxy) is 1. The van der Waals surface area contributed by atoms with Crippen molar-refractivity contribution >= 4 is 40.4 Å². The van der Waals surface area contributed by atoms with E-state index in [1.807, 2.05) is 24.3 Å². The summed E-state index contributed by atoms with van der Waals surface area (Å²) in [5.41, 5.74) is 4.42. The third-order valence-electron chi connectivity index (χ3n) is 4.51. The molecule has 0 saturated carbocycles. The molecule has 1 N–H and O–H groups in total. The molecule has 0 aliphatic rings. The average molecular weight is 450 g/mol. The van der Waals surface area contributed by atoms with Crippen molar-refractivity contribution in [2.45, 2.75) is 6.61 Å². The molecule has 4 rings (SSSR count). The Morgan fingerprint density at radius 2 is 1.84 bits per heavy atom. The smallest absolute Gasteiger partial charge is 0.307 e. The largest absolute Gasteiger partial charge is 0.489 e. The first kappa shape index (κ1) is 21.1. The molecule has 3 aromatic carbocycles. The van der Waals surface area contributed by atoms with E-state index in [4.69, 9.17) is 20.8 Å². The number of furan rings is 1. The van der Waals surface area contributed by atoms with Crippen LogP contribution in [0.1, 0.15) is 21.7 Å². The molecule has 160 valence electrons. The monoisotopic (exact) mass is 449 g/mol. The Balaban J connectivity index is 1.33. The number of nitrogens with zero attached hydrogens (tertiary/aromatic N) is 2. The number of fused-ring (bicyclic) bond motifs is 1. The normalized spacial score (nSPS) is 11.0. The summed E-state index contributed by atoms with van der Waals surface area (Å²) in [4.78, 5) is 22.6. The second kappa shape index (κ2) is 9.32. The summed E-state index contributed by atoms with van der Waals surface area (Å²) in [5.74, 6) is 0.129. The van der Waals surface area contributed by atoms with Crippen molar-refractivity contribution in [2.24, 2.45) is 5.10 Å². The van der Waals surface area contributed by atoms with Crippen molar-refractivity contribution in [2.75, 3.05) is 0 Å². The second-order valence-corrected chi connectivity index (χ2v) is 7.21. The van der Waals surface area contributed by atoms with Gasteiger partial charge in [-0.15, -0.1) is 0 Å². The Labute approximate surface area is 187 Å². The van der Waals surface area contributed by atoms with E-state index in [2.05, 4.69) is 10.5 Å². The summed E-state index contributed by atoms with van der Waals surface area (Å²) in [5, 5.41) is 15.9. The number of nitro groups is 1. The number of carbonyl (C=O) groups excluding carboxylic acids is 1. The maximum Gasteiger partial charge on any atom is 0.307 e. The van der Waals surface area contributed by atoms with Crippen molar-refractivity contribution in [3.05, 3.63) is 105 Å². The Morgan fingerprint density at radius 1 is 1.09 bits per heavy atom. The predicted octanol–water partition coefficient (Wildman–Crippen LogP) is 5.34. The Kier molecular flexibility index (Phi) is 6.14. The number of hydrogen-bond acceptors (Lipinski definition) is 6. The molecule has 8 nitrogen and oxygen atoms in total. The van der Waals surface area contributed by atoms with E-state index in [1.165, 1.54) is 30.5 Å². The van der Waals surface area contributed by atoms with Crippen LogP contribution in [0.15, 0.2) is 82.3 Å². The SMILES string of the molecule is O=C(N/N=C/c1ccc(OCc2ccc(Cl)cc2)cc1)c1cc2cc([N+](=O)[O-])ccc2o1. The van der Waals surface area contributed by atoms with Crippen molar-refractivity contribution in [1.82, 2.24) is 5.43 Å². The van der Waals surface area contributed by atoms with E-state index >= 15 is 0 Å². The van der Waals surface area contributed by atoms with Gasteiger partial charge in [-0.1, -0.05) is 23.7 Å². The lowest BCUT2D eigenvalue weighted by atomic mass is 10.2. The van der Waals surface area contributed by atoms with Gasteiger partial charge >= 0.3 is 5.91 Å². The summed E-state index contributed by atoms with van der Waals surface area (Å²) >= 11 is 5.87. The van der Waals surface area contributed by atoms with Gasteiger partial charge in [0.1, 0.15) is 17.9 Å². The number of non-ortho nitro benzene ring substituents is 1. The molecule has 0 radical (unpaired) electrons. The molecule has 0 spiro atoms. The van der Waals surface area contributed by atoms with Gasteiger partial charge in [0, 0.05) is 22.5 Å². The molecule has 9 heteroatoms. The van der Waals surface area contributed by atoms with Gasteiger partial charge < -0.3 is 9.15 Å². The molecule has 0 aliphatic heterocycles. The fourth-order valence-electron chi connectivity index (χ4n) is 2.87. The molecule has 0 fully saturated rings. The fourth-order valence-corrected chi connectivity index (χ4v) is 3.00. The van der Waals surface area contributed by atoms with E-state index in [1.54, 1.807) is 24.3 Å². The molecule has 1 amide bonds. The molecule has 0 atom stereocenters. The van der Waals surface area contributed by atoms with Gasteiger partial charge in [-0.25, -0.2) is 5.43 Å². The van der Waals surface area contributed by atoms with Crippen LogP contribution < -0.4 is 10.2 Å². The third-order valence-corrected chi connectivity index (χ3v) is 4.77.